The molecular formula is C14H26N2O2. The molecule has 0 aromatic heterocycles. The molecule has 4 heteroatoms. The molecule has 2 fully saturated rings. The van der Waals surface area contributed by atoms with Crippen LogP contribution in [0.25, 0.3) is 0 Å². The van der Waals surface area contributed by atoms with Gasteiger partial charge >= 0.3 is 0 Å². The minimum atomic E-state index is -0.0631. The molecule has 1 aliphatic carbocycles. The van der Waals surface area contributed by atoms with Crippen LogP contribution in [0.1, 0.15) is 39.5 Å². The smallest absolute Gasteiger partial charge is 0.239 e. The zero-order valence-electron chi connectivity index (χ0n) is 11.7. The van der Waals surface area contributed by atoms with Crippen molar-refractivity contribution in [2.75, 3.05) is 26.3 Å². The highest BCUT2D eigenvalue weighted by atomic mass is 16.5. The van der Waals surface area contributed by atoms with E-state index in [1.807, 2.05) is 11.8 Å². The molecule has 1 saturated heterocycles. The van der Waals surface area contributed by atoms with Gasteiger partial charge in [-0.3, -0.25) is 4.79 Å². The Kier molecular flexibility index (Phi) is 5.01. The number of ether oxygens (including phenoxy) is 1. The second kappa shape index (κ2) is 6.53. The molecule has 0 radical (unpaired) electrons. The summed E-state index contributed by atoms with van der Waals surface area (Å²) in [5.41, 5.74) is 0. The van der Waals surface area contributed by atoms with Gasteiger partial charge in [-0.15, -0.1) is 0 Å². The summed E-state index contributed by atoms with van der Waals surface area (Å²) in [6.07, 6.45) is 5.10. The minimum absolute atomic E-state index is 0.0631. The lowest BCUT2D eigenvalue weighted by atomic mass is 10.1. The molecule has 4 nitrogen and oxygen atoms in total. The molecule has 2 unspecified atom stereocenters. The lowest BCUT2D eigenvalue weighted by molar-refractivity contribution is -0.137. The number of nitrogens with zero attached hydrogens (tertiary/aromatic N) is 1. The second-order valence-corrected chi connectivity index (χ2v) is 5.61. The van der Waals surface area contributed by atoms with Crippen molar-refractivity contribution in [1.29, 1.82) is 0 Å². The predicted molar refractivity (Wildman–Crippen MR) is 71.4 cm³/mol. The summed E-state index contributed by atoms with van der Waals surface area (Å²) in [6.45, 7) is 7.03. The summed E-state index contributed by atoms with van der Waals surface area (Å²) in [7, 11) is 0. The number of hydrogen-bond acceptors (Lipinski definition) is 3. The van der Waals surface area contributed by atoms with Crippen LogP contribution in [0.5, 0.6) is 0 Å². The van der Waals surface area contributed by atoms with Gasteiger partial charge in [-0.05, 0) is 25.7 Å². The molecule has 1 aliphatic heterocycles. The largest absolute Gasteiger partial charge is 0.378 e. The minimum Gasteiger partial charge on any atom is -0.378 e. The van der Waals surface area contributed by atoms with Crippen molar-refractivity contribution in [2.45, 2.75) is 51.6 Å². The average molecular weight is 254 g/mol. The number of carbonyl (C=O) groups is 1. The normalized spacial score (nSPS) is 23.8. The SMILES string of the molecule is CCC(CC1CC1)NC(C)C(=O)N1CCOCC1. The van der Waals surface area contributed by atoms with Crippen LogP contribution in [0.15, 0.2) is 0 Å². The number of carbonyl (C=O) groups excluding carboxylic acids is 1. The monoisotopic (exact) mass is 254 g/mol. The van der Waals surface area contributed by atoms with Crippen molar-refractivity contribution in [2.24, 2.45) is 5.92 Å². The van der Waals surface area contributed by atoms with Crippen molar-refractivity contribution in [1.82, 2.24) is 10.2 Å². The van der Waals surface area contributed by atoms with Crippen LogP contribution in [0, 0.1) is 5.92 Å². The van der Waals surface area contributed by atoms with E-state index in [0.29, 0.717) is 19.3 Å². The first-order valence-corrected chi connectivity index (χ1v) is 7.33. The van der Waals surface area contributed by atoms with Crippen molar-refractivity contribution >= 4 is 5.91 Å². The van der Waals surface area contributed by atoms with E-state index in [-0.39, 0.29) is 11.9 Å². The van der Waals surface area contributed by atoms with E-state index in [9.17, 15) is 4.79 Å². The second-order valence-electron chi connectivity index (χ2n) is 5.61. The molecule has 1 amide bonds. The zero-order valence-corrected chi connectivity index (χ0v) is 11.7. The van der Waals surface area contributed by atoms with Crippen LogP contribution in [-0.2, 0) is 9.53 Å². The maximum absolute atomic E-state index is 12.3. The Balaban J connectivity index is 1.77. The van der Waals surface area contributed by atoms with Crippen molar-refractivity contribution in [3.63, 3.8) is 0 Å². The summed E-state index contributed by atoms with van der Waals surface area (Å²) in [5, 5.41) is 3.50. The third kappa shape index (κ3) is 3.95. The van der Waals surface area contributed by atoms with E-state index in [0.717, 1.165) is 25.4 Å². The van der Waals surface area contributed by atoms with Crippen molar-refractivity contribution in [3.05, 3.63) is 0 Å². The third-order valence-electron chi connectivity index (χ3n) is 3.99. The molecule has 1 N–H and O–H groups in total. The molecule has 0 aromatic carbocycles. The first-order valence-electron chi connectivity index (χ1n) is 7.33. The Morgan fingerprint density at radius 2 is 2.06 bits per heavy atom. The number of morpholine rings is 1. The van der Waals surface area contributed by atoms with Crippen LogP contribution >= 0.6 is 0 Å². The highest BCUT2D eigenvalue weighted by Crippen LogP contribution is 2.34. The summed E-state index contributed by atoms with van der Waals surface area (Å²) in [4.78, 5) is 14.2. The number of nitrogens with one attached hydrogen (secondary N) is 1. The van der Waals surface area contributed by atoms with Gasteiger partial charge in [0.2, 0.25) is 5.91 Å². The molecular weight excluding hydrogens is 228 g/mol. The zero-order chi connectivity index (χ0) is 13.0. The molecule has 0 aromatic rings. The summed E-state index contributed by atoms with van der Waals surface area (Å²) in [5.74, 6) is 1.14. The Morgan fingerprint density at radius 1 is 1.39 bits per heavy atom. The van der Waals surface area contributed by atoms with E-state index in [2.05, 4.69) is 12.2 Å². The number of amides is 1. The quantitative estimate of drug-likeness (QED) is 0.779. The maximum Gasteiger partial charge on any atom is 0.239 e. The fourth-order valence-corrected chi connectivity index (χ4v) is 2.59. The van der Waals surface area contributed by atoms with E-state index in [4.69, 9.17) is 4.74 Å². The van der Waals surface area contributed by atoms with Crippen LogP contribution in [-0.4, -0.2) is 49.2 Å². The predicted octanol–water partition coefficient (Wildman–Crippen LogP) is 1.40. The van der Waals surface area contributed by atoms with Gasteiger partial charge < -0.3 is 15.0 Å². The van der Waals surface area contributed by atoms with Crippen molar-refractivity contribution in [3.8, 4) is 0 Å². The molecule has 0 spiro atoms. The Morgan fingerprint density at radius 3 is 2.61 bits per heavy atom. The summed E-state index contributed by atoms with van der Waals surface area (Å²) < 4.78 is 5.28. The van der Waals surface area contributed by atoms with Crippen LogP contribution in [0.2, 0.25) is 0 Å². The van der Waals surface area contributed by atoms with Crippen molar-refractivity contribution < 1.29 is 9.53 Å². The standard InChI is InChI=1S/C14H26N2O2/c1-3-13(10-12-4-5-12)15-11(2)14(17)16-6-8-18-9-7-16/h11-13,15H,3-10H2,1-2H3. The van der Waals surface area contributed by atoms with E-state index in [1.54, 1.807) is 0 Å². The number of hydrogen-bond donors (Lipinski definition) is 1. The first-order chi connectivity index (χ1) is 8.70. The average Bonchev–Trinajstić information content (AvgIpc) is 3.22. The molecule has 1 saturated carbocycles. The molecule has 104 valence electrons. The van der Waals surface area contributed by atoms with Crippen LogP contribution in [0.4, 0.5) is 0 Å². The van der Waals surface area contributed by atoms with Crippen LogP contribution in [0.3, 0.4) is 0 Å². The highest BCUT2D eigenvalue weighted by Gasteiger charge is 2.28. The Hall–Kier alpha value is -0.610. The molecule has 0 bridgehead atoms. The van der Waals surface area contributed by atoms with Gasteiger partial charge in [0.15, 0.2) is 0 Å². The fraction of sp³-hybridized carbons (Fsp3) is 0.929. The molecule has 1 heterocycles. The van der Waals surface area contributed by atoms with Gasteiger partial charge in [-0.2, -0.15) is 0 Å². The first kappa shape index (κ1) is 13.8. The highest BCUT2D eigenvalue weighted by molar-refractivity contribution is 5.81. The van der Waals surface area contributed by atoms with Gasteiger partial charge in [0.25, 0.3) is 0 Å². The molecule has 2 rings (SSSR count). The van der Waals surface area contributed by atoms with E-state index < -0.39 is 0 Å². The Bertz CT molecular complexity index is 273. The van der Waals surface area contributed by atoms with Gasteiger partial charge in [0.1, 0.15) is 0 Å². The molecule has 18 heavy (non-hydrogen) atoms. The van der Waals surface area contributed by atoms with Gasteiger partial charge in [0.05, 0.1) is 19.3 Å². The molecule has 2 atom stereocenters. The van der Waals surface area contributed by atoms with E-state index >= 15 is 0 Å². The van der Waals surface area contributed by atoms with Crippen LogP contribution < -0.4 is 5.32 Å². The third-order valence-corrected chi connectivity index (χ3v) is 3.99. The van der Waals surface area contributed by atoms with Gasteiger partial charge in [-0.1, -0.05) is 19.8 Å². The lowest BCUT2D eigenvalue weighted by Gasteiger charge is -2.31. The topological polar surface area (TPSA) is 41.6 Å². The number of rotatable bonds is 6. The molecule has 2 aliphatic rings. The lowest BCUT2D eigenvalue weighted by Crippen LogP contribution is -2.51. The van der Waals surface area contributed by atoms with Gasteiger partial charge in [0, 0.05) is 19.1 Å². The van der Waals surface area contributed by atoms with E-state index in [1.165, 1.54) is 19.3 Å². The summed E-state index contributed by atoms with van der Waals surface area (Å²) >= 11 is 0. The maximum atomic E-state index is 12.3. The Labute approximate surface area is 110 Å². The fourth-order valence-electron chi connectivity index (χ4n) is 2.59. The van der Waals surface area contributed by atoms with Gasteiger partial charge in [-0.25, -0.2) is 0 Å². The summed E-state index contributed by atoms with van der Waals surface area (Å²) in [6, 6.07) is 0.435.